The van der Waals surface area contributed by atoms with Crippen LogP contribution in [-0.2, 0) is 27.5 Å². The van der Waals surface area contributed by atoms with E-state index < -0.39 is 27.7 Å². The van der Waals surface area contributed by atoms with E-state index in [9.17, 15) is 31.2 Å². The zero-order valence-corrected chi connectivity index (χ0v) is 22.9. The molecule has 2 fully saturated rings. The average Bonchev–Trinajstić information content (AvgIpc) is 3.48. The number of carboxylic acids is 1. The number of aromatic nitrogens is 2. The van der Waals surface area contributed by atoms with E-state index in [0.29, 0.717) is 43.7 Å². The molecule has 0 saturated carbocycles. The lowest BCUT2D eigenvalue weighted by Crippen LogP contribution is -2.53. The molecule has 0 atom stereocenters. The van der Waals surface area contributed by atoms with Gasteiger partial charge in [0.2, 0.25) is 10.0 Å². The summed E-state index contributed by atoms with van der Waals surface area (Å²) in [7, 11) is -3.52. The summed E-state index contributed by atoms with van der Waals surface area (Å²) in [6, 6.07) is 4.67. The maximum absolute atomic E-state index is 13.4. The molecule has 2 aliphatic heterocycles. The highest BCUT2D eigenvalue weighted by Gasteiger charge is 2.44. The molecule has 2 aromatic rings. The van der Waals surface area contributed by atoms with Gasteiger partial charge >= 0.3 is 18.2 Å². The van der Waals surface area contributed by atoms with Crippen molar-refractivity contribution in [2.75, 3.05) is 42.5 Å². The highest BCUT2D eigenvalue weighted by atomic mass is 32.2. The number of alkyl halides is 3. The zero-order chi connectivity index (χ0) is 29.1. The molecule has 1 amide bonds. The topological polar surface area (TPSA) is 137 Å². The molecule has 15 heteroatoms. The fourth-order valence-corrected chi connectivity index (χ4v) is 5.95. The van der Waals surface area contributed by atoms with E-state index in [-0.39, 0.29) is 36.8 Å². The average molecular weight is 587 g/mol. The zero-order valence-electron chi connectivity index (χ0n) is 22.1. The molecule has 0 bridgehead atoms. The van der Waals surface area contributed by atoms with Gasteiger partial charge in [0.15, 0.2) is 5.82 Å². The Hall–Kier alpha value is -3.33. The normalized spacial score (nSPS) is 17.8. The molecule has 1 aromatic heterocycles. The van der Waals surface area contributed by atoms with Gasteiger partial charge in [-0.1, -0.05) is 6.07 Å². The van der Waals surface area contributed by atoms with Crippen molar-refractivity contribution in [3.05, 3.63) is 41.6 Å². The molecule has 0 unspecified atom stereocenters. The lowest BCUT2D eigenvalue weighted by molar-refractivity contribution is -0.138. The van der Waals surface area contributed by atoms with Gasteiger partial charge in [0.25, 0.3) is 0 Å². The first-order valence-electron chi connectivity index (χ1n) is 13.0. The molecule has 2 saturated heterocycles. The molecule has 11 nitrogen and oxygen atoms in total. The van der Waals surface area contributed by atoms with Crippen LogP contribution in [0.5, 0.6) is 0 Å². The SMILES string of the molecule is CS(=O)(=O)Nc1ccn(C(=O)N2CCC3(CCCN3Cc3ccc(C(F)(F)F)cc3NCCCC(=O)O)CC2)n1. The van der Waals surface area contributed by atoms with Crippen molar-refractivity contribution in [1.29, 1.82) is 0 Å². The summed E-state index contributed by atoms with van der Waals surface area (Å²) in [6.07, 6.45) is 1.28. The van der Waals surface area contributed by atoms with Crippen LogP contribution in [0, 0.1) is 0 Å². The lowest BCUT2D eigenvalue weighted by atomic mass is 9.84. The van der Waals surface area contributed by atoms with Gasteiger partial charge in [0, 0.05) is 56.1 Å². The minimum atomic E-state index is -4.50. The molecule has 1 aromatic carbocycles. The Morgan fingerprint density at radius 3 is 2.50 bits per heavy atom. The van der Waals surface area contributed by atoms with Crippen LogP contribution in [0.15, 0.2) is 30.5 Å². The smallest absolute Gasteiger partial charge is 0.416 e. The van der Waals surface area contributed by atoms with Crippen LogP contribution in [0.25, 0.3) is 0 Å². The number of halogens is 3. The first-order valence-corrected chi connectivity index (χ1v) is 14.9. The monoisotopic (exact) mass is 586 g/mol. The highest BCUT2D eigenvalue weighted by molar-refractivity contribution is 7.92. The molecule has 3 heterocycles. The van der Waals surface area contributed by atoms with Gasteiger partial charge < -0.3 is 15.3 Å². The van der Waals surface area contributed by atoms with Crippen molar-refractivity contribution >= 4 is 33.5 Å². The summed E-state index contributed by atoms with van der Waals surface area (Å²) in [6.45, 7) is 2.34. The number of benzene rings is 1. The van der Waals surface area contributed by atoms with Crippen LogP contribution in [0.2, 0.25) is 0 Å². The first-order chi connectivity index (χ1) is 18.8. The molecule has 2 aliphatic rings. The van der Waals surface area contributed by atoms with Crippen molar-refractivity contribution in [2.45, 2.75) is 56.8 Å². The first kappa shape index (κ1) is 29.6. The third-order valence-electron chi connectivity index (χ3n) is 7.46. The number of nitrogens with zero attached hydrogens (tertiary/aromatic N) is 4. The second-order valence-electron chi connectivity index (χ2n) is 10.3. The molecule has 3 N–H and O–H groups in total. The molecule has 4 rings (SSSR count). The Balaban J connectivity index is 1.43. The molecule has 0 radical (unpaired) electrons. The van der Waals surface area contributed by atoms with Gasteiger partial charge in [-0.15, -0.1) is 5.10 Å². The van der Waals surface area contributed by atoms with Crippen LogP contribution < -0.4 is 10.0 Å². The predicted octanol–water partition coefficient (Wildman–Crippen LogP) is 3.65. The molecular formula is C25H33F3N6O5S. The highest BCUT2D eigenvalue weighted by Crippen LogP contribution is 2.41. The van der Waals surface area contributed by atoms with Crippen molar-refractivity contribution in [2.24, 2.45) is 0 Å². The Morgan fingerprint density at radius 2 is 1.85 bits per heavy atom. The quantitative estimate of drug-likeness (QED) is 0.379. The molecule has 0 aliphatic carbocycles. The molecule has 40 heavy (non-hydrogen) atoms. The van der Waals surface area contributed by atoms with E-state index in [0.717, 1.165) is 42.5 Å². The largest absolute Gasteiger partial charge is 0.481 e. The maximum atomic E-state index is 13.4. The summed E-state index contributed by atoms with van der Waals surface area (Å²) in [4.78, 5) is 27.7. The fraction of sp³-hybridized carbons (Fsp3) is 0.560. The second-order valence-corrected chi connectivity index (χ2v) is 12.1. The van der Waals surface area contributed by atoms with Crippen molar-refractivity contribution in [1.82, 2.24) is 19.6 Å². The number of carbonyl (C=O) groups is 2. The minimum absolute atomic E-state index is 0.0511. The Labute approximate surface area is 230 Å². The number of nitrogens with one attached hydrogen (secondary N) is 2. The Morgan fingerprint density at radius 1 is 1.12 bits per heavy atom. The number of anilines is 2. The van der Waals surface area contributed by atoms with Gasteiger partial charge in [-0.25, -0.2) is 13.2 Å². The van der Waals surface area contributed by atoms with E-state index >= 15 is 0 Å². The summed E-state index contributed by atoms with van der Waals surface area (Å²) in [5.74, 6) is -0.913. The maximum Gasteiger partial charge on any atom is 0.416 e. The van der Waals surface area contributed by atoms with Gasteiger partial charge in [-0.3, -0.25) is 14.4 Å². The van der Waals surface area contributed by atoms with Gasteiger partial charge in [0.05, 0.1) is 11.8 Å². The van der Waals surface area contributed by atoms with E-state index in [4.69, 9.17) is 5.11 Å². The number of hydrogen-bond donors (Lipinski definition) is 3. The number of carbonyl (C=O) groups excluding carboxylic acids is 1. The van der Waals surface area contributed by atoms with Crippen molar-refractivity contribution < 1.29 is 36.3 Å². The van der Waals surface area contributed by atoms with E-state index in [2.05, 4.69) is 20.0 Å². The third kappa shape index (κ3) is 7.24. The van der Waals surface area contributed by atoms with Gasteiger partial charge in [0.1, 0.15) is 0 Å². The van der Waals surface area contributed by atoms with E-state index in [1.54, 1.807) is 4.90 Å². The second kappa shape index (κ2) is 11.6. The van der Waals surface area contributed by atoms with E-state index in [1.807, 2.05) is 0 Å². The number of sulfonamides is 1. The number of rotatable bonds is 9. The number of aliphatic carboxylic acids is 1. The standard InChI is InChI=1S/C25H33F3N6O5S/c1-40(38,39)31-21-7-13-34(30-21)23(37)32-14-9-24(10-15-32)8-3-12-33(24)17-18-5-6-19(25(26,27)28)16-20(18)29-11-2-4-22(35)36/h5-7,13,16,29H,2-4,8-12,14-15,17H2,1H3,(H,30,31)(H,35,36). The van der Waals surface area contributed by atoms with Crippen LogP contribution in [0.4, 0.5) is 29.5 Å². The third-order valence-corrected chi connectivity index (χ3v) is 8.04. The van der Waals surface area contributed by atoms with Crippen molar-refractivity contribution in [3.63, 3.8) is 0 Å². The summed E-state index contributed by atoms with van der Waals surface area (Å²) in [5, 5.41) is 15.9. The molecule has 1 spiro atoms. The van der Waals surface area contributed by atoms with Gasteiger partial charge in [-0.05, 0) is 56.3 Å². The van der Waals surface area contributed by atoms with Crippen LogP contribution in [0.3, 0.4) is 0 Å². The number of piperidine rings is 1. The Bertz CT molecular complexity index is 1340. The number of amides is 1. The molecular weight excluding hydrogens is 553 g/mol. The van der Waals surface area contributed by atoms with E-state index in [1.165, 1.54) is 18.3 Å². The Kier molecular flexibility index (Phi) is 8.63. The number of carboxylic acid groups (broad SMARTS) is 1. The lowest BCUT2D eigenvalue weighted by Gasteiger charge is -2.45. The van der Waals surface area contributed by atoms with Crippen LogP contribution >= 0.6 is 0 Å². The summed E-state index contributed by atoms with van der Waals surface area (Å²) >= 11 is 0. The van der Waals surface area contributed by atoms with Gasteiger partial charge in [-0.2, -0.15) is 17.9 Å². The van der Waals surface area contributed by atoms with Crippen molar-refractivity contribution in [3.8, 4) is 0 Å². The summed E-state index contributed by atoms with van der Waals surface area (Å²) < 4.78 is 66.4. The van der Waals surface area contributed by atoms with Crippen LogP contribution in [0.1, 0.15) is 49.7 Å². The molecule has 220 valence electrons. The van der Waals surface area contributed by atoms with Crippen LogP contribution in [-0.4, -0.2) is 83.1 Å². The predicted molar refractivity (Wildman–Crippen MR) is 141 cm³/mol. The minimum Gasteiger partial charge on any atom is -0.481 e. The number of hydrogen-bond acceptors (Lipinski definition) is 7. The fourth-order valence-electron chi connectivity index (χ4n) is 5.46. The number of likely N-dealkylation sites (tertiary alicyclic amines) is 2. The summed E-state index contributed by atoms with van der Waals surface area (Å²) in [5.41, 5.74) is 0.0683.